The second-order valence-corrected chi connectivity index (χ2v) is 4.07. The molecule has 0 aromatic carbocycles. The number of hydrogen-bond acceptors (Lipinski definition) is 3. The zero-order valence-electron chi connectivity index (χ0n) is 7.88. The molecule has 0 bridgehead atoms. The number of nitrogens with one attached hydrogen (secondary N) is 1. The zero-order chi connectivity index (χ0) is 9.26. The molecular formula is C9H18FN3. The lowest BCUT2D eigenvalue weighted by Gasteiger charge is -2.38. The highest BCUT2D eigenvalue weighted by molar-refractivity contribution is 4.95. The monoisotopic (exact) mass is 187 g/mol. The first-order valence-corrected chi connectivity index (χ1v) is 5.13. The van der Waals surface area contributed by atoms with E-state index in [0.717, 1.165) is 19.6 Å². The van der Waals surface area contributed by atoms with Gasteiger partial charge in [-0.15, -0.1) is 0 Å². The maximum absolute atomic E-state index is 13.6. The average Bonchev–Trinajstić information content (AvgIpc) is 2.57. The summed E-state index contributed by atoms with van der Waals surface area (Å²) in [5.41, 5.74) is 5.91. The van der Waals surface area contributed by atoms with Crippen LogP contribution < -0.4 is 11.1 Å². The molecule has 2 fully saturated rings. The highest BCUT2D eigenvalue weighted by Gasteiger charge is 2.36. The van der Waals surface area contributed by atoms with Crippen LogP contribution in [0.2, 0.25) is 0 Å². The molecule has 76 valence electrons. The largest absolute Gasteiger partial charge is 0.325 e. The summed E-state index contributed by atoms with van der Waals surface area (Å²) in [7, 11) is 0. The van der Waals surface area contributed by atoms with Gasteiger partial charge in [-0.1, -0.05) is 0 Å². The molecule has 2 heterocycles. The van der Waals surface area contributed by atoms with Gasteiger partial charge < -0.3 is 11.1 Å². The molecule has 3 atom stereocenters. The molecule has 0 aromatic rings. The van der Waals surface area contributed by atoms with E-state index in [1.807, 2.05) is 0 Å². The molecule has 13 heavy (non-hydrogen) atoms. The first-order chi connectivity index (χ1) is 6.29. The van der Waals surface area contributed by atoms with E-state index in [2.05, 4.69) is 10.2 Å². The lowest BCUT2D eigenvalue weighted by Crippen LogP contribution is -2.62. The van der Waals surface area contributed by atoms with Crippen molar-refractivity contribution in [1.29, 1.82) is 0 Å². The number of nitrogens with two attached hydrogens (primary N) is 1. The van der Waals surface area contributed by atoms with Gasteiger partial charge in [-0.2, -0.15) is 0 Å². The van der Waals surface area contributed by atoms with E-state index in [-0.39, 0.29) is 12.1 Å². The highest BCUT2D eigenvalue weighted by atomic mass is 19.1. The highest BCUT2D eigenvalue weighted by Crippen LogP contribution is 2.19. The van der Waals surface area contributed by atoms with E-state index < -0.39 is 6.17 Å². The minimum atomic E-state index is -0.790. The van der Waals surface area contributed by atoms with Crippen molar-refractivity contribution in [2.45, 2.75) is 31.1 Å². The molecule has 0 saturated carbocycles. The maximum Gasteiger partial charge on any atom is 0.129 e. The van der Waals surface area contributed by atoms with Crippen molar-refractivity contribution in [2.24, 2.45) is 5.73 Å². The van der Waals surface area contributed by atoms with Crippen LogP contribution in [-0.4, -0.2) is 49.3 Å². The Morgan fingerprint density at radius 3 is 2.54 bits per heavy atom. The quantitative estimate of drug-likeness (QED) is 0.593. The number of hydrogen-bond donors (Lipinski definition) is 2. The molecule has 3 unspecified atom stereocenters. The molecule has 4 heteroatoms. The molecule has 2 aliphatic rings. The number of likely N-dealkylation sites (tertiary alicyclic amines) is 1. The second kappa shape index (κ2) is 3.90. The summed E-state index contributed by atoms with van der Waals surface area (Å²) in [6.45, 7) is 3.27. The summed E-state index contributed by atoms with van der Waals surface area (Å²) in [6, 6.07) is -0.0781. The molecule has 3 N–H and O–H groups in total. The Morgan fingerprint density at radius 2 is 1.92 bits per heavy atom. The lowest BCUT2D eigenvalue weighted by atomic mass is 9.98. The fourth-order valence-corrected chi connectivity index (χ4v) is 2.44. The van der Waals surface area contributed by atoms with E-state index >= 15 is 0 Å². The Labute approximate surface area is 78.5 Å². The lowest BCUT2D eigenvalue weighted by molar-refractivity contribution is 0.0882. The molecule has 0 aromatic heterocycles. The number of piperidine rings is 1. The third kappa shape index (κ3) is 1.85. The summed E-state index contributed by atoms with van der Waals surface area (Å²) in [4.78, 5) is 2.22. The van der Waals surface area contributed by atoms with E-state index in [4.69, 9.17) is 5.73 Å². The number of alkyl halides is 1. The summed E-state index contributed by atoms with van der Waals surface area (Å²) in [5.74, 6) is 0. The predicted molar refractivity (Wildman–Crippen MR) is 50.3 cm³/mol. The fourth-order valence-electron chi connectivity index (χ4n) is 2.44. The fraction of sp³-hybridized carbons (Fsp3) is 1.00. The molecule has 0 radical (unpaired) electrons. The molecule has 0 spiro atoms. The van der Waals surface area contributed by atoms with Crippen LogP contribution >= 0.6 is 0 Å². The summed E-state index contributed by atoms with van der Waals surface area (Å²) in [6.07, 6.45) is 1.61. The standard InChI is InChI=1S/C9H18FN3/c10-7-5-12-6-8(11)9(7)13-3-1-2-4-13/h7-9,12H,1-6,11H2. The molecular weight excluding hydrogens is 169 g/mol. The van der Waals surface area contributed by atoms with Crippen LogP contribution in [0.25, 0.3) is 0 Å². The van der Waals surface area contributed by atoms with Gasteiger partial charge >= 0.3 is 0 Å². The van der Waals surface area contributed by atoms with Gasteiger partial charge in [-0.3, -0.25) is 4.90 Å². The van der Waals surface area contributed by atoms with Crippen LogP contribution in [0.3, 0.4) is 0 Å². The summed E-state index contributed by atoms with van der Waals surface area (Å²) >= 11 is 0. The van der Waals surface area contributed by atoms with Crippen molar-refractivity contribution in [3.63, 3.8) is 0 Å². The van der Waals surface area contributed by atoms with E-state index in [9.17, 15) is 4.39 Å². The van der Waals surface area contributed by atoms with Crippen molar-refractivity contribution < 1.29 is 4.39 Å². The topological polar surface area (TPSA) is 41.3 Å². The molecule has 2 saturated heterocycles. The minimum Gasteiger partial charge on any atom is -0.325 e. The Balaban J connectivity index is 2.00. The van der Waals surface area contributed by atoms with Crippen LogP contribution in [0.1, 0.15) is 12.8 Å². The van der Waals surface area contributed by atoms with E-state index in [1.165, 1.54) is 12.8 Å². The smallest absolute Gasteiger partial charge is 0.129 e. The van der Waals surface area contributed by atoms with Gasteiger partial charge in [0.25, 0.3) is 0 Å². The van der Waals surface area contributed by atoms with Crippen LogP contribution in [0.5, 0.6) is 0 Å². The van der Waals surface area contributed by atoms with Crippen molar-refractivity contribution in [2.75, 3.05) is 26.2 Å². The molecule has 2 aliphatic heterocycles. The third-order valence-electron chi connectivity index (χ3n) is 3.09. The molecule has 0 aliphatic carbocycles. The van der Waals surface area contributed by atoms with Crippen molar-refractivity contribution in [3.8, 4) is 0 Å². The zero-order valence-corrected chi connectivity index (χ0v) is 7.88. The van der Waals surface area contributed by atoms with Gasteiger partial charge in [0.05, 0.1) is 6.04 Å². The number of halogens is 1. The SMILES string of the molecule is NC1CNCC(F)C1N1CCCC1. The van der Waals surface area contributed by atoms with Gasteiger partial charge in [-0.25, -0.2) is 4.39 Å². The Kier molecular flexibility index (Phi) is 2.81. The van der Waals surface area contributed by atoms with E-state index in [1.54, 1.807) is 0 Å². The summed E-state index contributed by atoms with van der Waals surface area (Å²) in [5, 5.41) is 3.01. The first kappa shape index (κ1) is 9.37. The summed E-state index contributed by atoms with van der Waals surface area (Å²) < 4.78 is 13.6. The van der Waals surface area contributed by atoms with Gasteiger partial charge in [0, 0.05) is 19.1 Å². The van der Waals surface area contributed by atoms with Gasteiger partial charge in [-0.05, 0) is 25.9 Å². The second-order valence-electron chi connectivity index (χ2n) is 4.07. The van der Waals surface area contributed by atoms with Crippen molar-refractivity contribution in [3.05, 3.63) is 0 Å². The van der Waals surface area contributed by atoms with Crippen LogP contribution in [-0.2, 0) is 0 Å². The predicted octanol–water partition coefficient (Wildman–Crippen LogP) is -0.281. The van der Waals surface area contributed by atoms with Crippen LogP contribution in [0.15, 0.2) is 0 Å². The number of nitrogens with zero attached hydrogens (tertiary/aromatic N) is 1. The van der Waals surface area contributed by atoms with Gasteiger partial charge in [0.2, 0.25) is 0 Å². The minimum absolute atomic E-state index is 0.0382. The Bertz CT molecular complexity index is 160. The number of rotatable bonds is 1. The Morgan fingerprint density at radius 1 is 1.23 bits per heavy atom. The first-order valence-electron chi connectivity index (χ1n) is 5.13. The average molecular weight is 187 g/mol. The normalized spacial score (nSPS) is 42.5. The maximum atomic E-state index is 13.6. The van der Waals surface area contributed by atoms with E-state index in [0.29, 0.717) is 6.54 Å². The van der Waals surface area contributed by atoms with Crippen LogP contribution in [0.4, 0.5) is 4.39 Å². The van der Waals surface area contributed by atoms with Crippen molar-refractivity contribution in [1.82, 2.24) is 10.2 Å². The molecule has 0 amide bonds. The van der Waals surface area contributed by atoms with Gasteiger partial charge in [0.1, 0.15) is 6.17 Å². The third-order valence-corrected chi connectivity index (χ3v) is 3.09. The van der Waals surface area contributed by atoms with Gasteiger partial charge in [0.15, 0.2) is 0 Å². The molecule has 2 rings (SSSR count). The van der Waals surface area contributed by atoms with Crippen LogP contribution in [0, 0.1) is 0 Å². The van der Waals surface area contributed by atoms with Crippen molar-refractivity contribution >= 4 is 0 Å². The Hall–Kier alpha value is -0.190. The molecule has 3 nitrogen and oxygen atoms in total.